The number of aliphatic hydroxyl groups is 1. The number of hydrogen-bond acceptors (Lipinski definition) is 4. The minimum atomic E-state index is -2.95. The Morgan fingerprint density at radius 3 is 2.86 bits per heavy atom. The Morgan fingerprint density at radius 2 is 2.21 bits per heavy atom. The molecule has 2 aliphatic heterocycles. The molecule has 2 fully saturated rings. The fourth-order valence-electron chi connectivity index (χ4n) is 2.44. The predicted octanol–water partition coefficient (Wildman–Crippen LogP) is 0.105. The van der Waals surface area contributed by atoms with Gasteiger partial charge >= 0.3 is 0 Å². The van der Waals surface area contributed by atoms with Crippen molar-refractivity contribution in [3.63, 3.8) is 0 Å². The normalized spacial score (nSPS) is 42.5. The number of rotatable bonds is 0. The summed E-state index contributed by atoms with van der Waals surface area (Å²) in [4.78, 5) is 0. The van der Waals surface area contributed by atoms with Gasteiger partial charge in [0.15, 0.2) is 9.84 Å². The van der Waals surface area contributed by atoms with Gasteiger partial charge in [-0.3, -0.25) is 0 Å². The molecule has 2 unspecified atom stereocenters. The topological polar surface area (TPSA) is 63.6 Å². The Morgan fingerprint density at radius 1 is 1.43 bits per heavy atom. The van der Waals surface area contributed by atoms with Crippen molar-refractivity contribution in [3.05, 3.63) is 0 Å². The van der Waals surface area contributed by atoms with Crippen molar-refractivity contribution >= 4 is 9.84 Å². The van der Waals surface area contributed by atoms with Gasteiger partial charge in [0.1, 0.15) is 0 Å². The Balaban J connectivity index is 2.14. The SMILES string of the molecule is O=S1(=O)CCCC2(CC(O)CCO2)C1. The average molecular weight is 220 g/mol. The molecule has 0 amide bonds. The van der Waals surface area contributed by atoms with Crippen molar-refractivity contribution in [1.82, 2.24) is 0 Å². The van der Waals surface area contributed by atoms with Crippen molar-refractivity contribution in [3.8, 4) is 0 Å². The van der Waals surface area contributed by atoms with Crippen LogP contribution < -0.4 is 0 Å². The molecule has 1 N–H and O–H groups in total. The van der Waals surface area contributed by atoms with E-state index in [4.69, 9.17) is 4.74 Å². The monoisotopic (exact) mass is 220 g/mol. The zero-order chi connectivity index (χ0) is 10.2. The molecule has 0 aromatic heterocycles. The minimum Gasteiger partial charge on any atom is -0.393 e. The Kier molecular flexibility index (Phi) is 2.57. The van der Waals surface area contributed by atoms with Crippen LogP contribution >= 0.6 is 0 Å². The van der Waals surface area contributed by atoms with E-state index in [1.807, 2.05) is 0 Å². The lowest BCUT2D eigenvalue weighted by Gasteiger charge is -2.41. The van der Waals surface area contributed by atoms with Crippen LogP contribution in [0.5, 0.6) is 0 Å². The second-order valence-electron chi connectivity index (χ2n) is 4.37. The minimum absolute atomic E-state index is 0.0943. The molecule has 14 heavy (non-hydrogen) atoms. The van der Waals surface area contributed by atoms with Gasteiger partial charge in [0.05, 0.1) is 23.2 Å². The maximum absolute atomic E-state index is 11.5. The average Bonchev–Trinajstić information content (AvgIpc) is 2.00. The summed E-state index contributed by atoms with van der Waals surface area (Å²) in [5, 5.41) is 9.52. The fourth-order valence-corrected chi connectivity index (χ4v) is 4.31. The number of ether oxygens (including phenoxy) is 1. The first-order valence-corrected chi connectivity index (χ1v) is 6.86. The molecule has 1 spiro atoms. The number of sulfone groups is 1. The fraction of sp³-hybridized carbons (Fsp3) is 1.00. The molecule has 0 bridgehead atoms. The molecule has 0 aromatic carbocycles. The van der Waals surface area contributed by atoms with Gasteiger partial charge in [0.25, 0.3) is 0 Å². The highest BCUT2D eigenvalue weighted by Gasteiger charge is 2.43. The van der Waals surface area contributed by atoms with Crippen LogP contribution in [0.1, 0.15) is 25.7 Å². The van der Waals surface area contributed by atoms with Crippen LogP contribution in [0.15, 0.2) is 0 Å². The number of hydrogen-bond donors (Lipinski definition) is 1. The summed E-state index contributed by atoms with van der Waals surface area (Å²) in [5.74, 6) is 0.366. The maximum atomic E-state index is 11.5. The predicted molar refractivity (Wildman–Crippen MR) is 51.8 cm³/mol. The van der Waals surface area contributed by atoms with Gasteiger partial charge in [-0.05, 0) is 19.3 Å². The van der Waals surface area contributed by atoms with Crippen LogP contribution in [0.4, 0.5) is 0 Å². The second kappa shape index (κ2) is 3.47. The van der Waals surface area contributed by atoms with Gasteiger partial charge in [-0.1, -0.05) is 0 Å². The molecular formula is C9H16O4S. The molecule has 5 heteroatoms. The zero-order valence-corrected chi connectivity index (χ0v) is 8.92. The third-order valence-electron chi connectivity index (χ3n) is 3.04. The molecule has 2 aliphatic rings. The summed E-state index contributed by atoms with van der Waals surface area (Å²) in [6.45, 7) is 0.483. The molecule has 0 saturated carbocycles. The van der Waals surface area contributed by atoms with Crippen LogP contribution in [0.25, 0.3) is 0 Å². The van der Waals surface area contributed by atoms with E-state index in [9.17, 15) is 13.5 Å². The highest BCUT2D eigenvalue weighted by Crippen LogP contribution is 2.34. The first kappa shape index (κ1) is 10.4. The molecule has 0 aromatic rings. The van der Waals surface area contributed by atoms with E-state index in [0.717, 1.165) is 6.42 Å². The van der Waals surface area contributed by atoms with Gasteiger partial charge in [-0.25, -0.2) is 8.42 Å². The van der Waals surface area contributed by atoms with Gasteiger partial charge < -0.3 is 9.84 Å². The van der Waals surface area contributed by atoms with Crippen molar-refractivity contribution in [2.75, 3.05) is 18.1 Å². The van der Waals surface area contributed by atoms with Crippen LogP contribution in [0.2, 0.25) is 0 Å². The van der Waals surface area contributed by atoms with Crippen molar-refractivity contribution < 1.29 is 18.3 Å². The van der Waals surface area contributed by atoms with E-state index >= 15 is 0 Å². The molecule has 2 atom stereocenters. The Bertz CT molecular complexity index is 307. The lowest BCUT2D eigenvalue weighted by Crippen LogP contribution is -2.50. The highest BCUT2D eigenvalue weighted by atomic mass is 32.2. The first-order valence-electron chi connectivity index (χ1n) is 5.04. The van der Waals surface area contributed by atoms with E-state index in [1.54, 1.807) is 0 Å². The van der Waals surface area contributed by atoms with Crippen molar-refractivity contribution in [2.45, 2.75) is 37.4 Å². The van der Waals surface area contributed by atoms with Gasteiger partial charge in [0.2, 0.25) is 0 Å². The summed E-state index contributed by atoms with van der Waals surface area (Å²) in [6, 6.07) is 0. The molecule has 0 radical (unpaired) electrons. The molecule has 2 saturated heterocycles. The van der Waals surface area contributed by atoms with E-state index in [1.165, 1.54) is 0 Å². The summed E-state index contributed by atoms with van der Waals surface area (Å²) < 4.78 is 28.5. The standard InChI is InChI=1S/C9H16O4S/c10-8-2-4-13-9(6-8)3-1-5-14(11,12)7-9/h8,10H,1-7H2. The molecule has 2 rings (SSSR count). The lowest BCUT2D eigenvalue weighted by molar-refractivity contribution is -0.110. The summed E-state index contributed by atoms with van der Waals surface area (Å²) in [5.41, 5.74) is -0.575. The number of aliphatic hydroxyl groups excluding tert-OH is 1. The Hall–Kier alpha value is -0.130. The smallest absolute Gasteiger partial charge is 0.153 e. The van der Waals surface area contributed by atoms with E-state index in [2.05, 4.69) is 0 Å². The molecule has 82 valence electrons. The van der Waals surface area contributed by atoms with Gasteiger partial charge in [-0.15, -0.1) is 0 Å². The Labute approximate surface area is 84.2 Å². The maximum Gasteiger partial charge on any atom is 0.153 e. The molecule has 4 nitrogen and oxygen atoms in total. The third kappa shape index (κ3) is 2.10. The van der Waals surface area contributed by atoms with Crippen LogP contribution in [-0.4, -0.2) is 43.3 Å². The zero-order valence-electron chi connectivity index (χ0n) is 8.11. The van der Waals surface area contributed by atoms with E-state index < -0.39 is 21.5 Å². The van der Waals surface area contributed by atoms with E-state index in [0.29, 0.717) is 25.9 Å². The van der Waals surface area contributed by atoms with Crippen LogP contribution in [0, 0.1) is 0 Å². The second-order valence-corrected chi connectivity index (χ2v) is 6.56. The van der Waals surface area contributed by atoms with Crippen molar-refractivity contribution in [2.24, 2.45) is 0 Å². The van der Waals surface area contributed by atoms with Crippen LogP contribution in [0.3, 0.4) is 0 Å². The third-order valence-corrected chi connectivity index (χ3v) is 4.91. The van der Waals surface area contributed by atoms with Crippen molar-refractivity contribution in [1.29, 1.82) is 0 Å². The van der Waals surface area contributed by atoms with Gasteiger partial charge in [-0.2, -0.15) is 0 Å². The summed E-state index contributed by atoms with van der Waals surface area (Å²) >= 11 is 0. The largest absolute Gasteiger partial charge is 0.393 e. The van der Waals surface area contributed by atoms with E-state index in [-0.39, 0.29) is 11.5 Å². The van der Waals surface area contributed by atoms with Gasteiger partial charge in [0, 0.05) is 13.0 Å². The molecular weight excluding hydrogens is 204 g/mol. The lowest BCUT2D eigenvalue weighted by atomic mass is 9.89. The van der Waals surface area contributed by atoms with Crippen LogP contribution in [-0.2, 0) is 14.6 Å². The molecule has 0 aliphatic carbocycles. The summed E-state index contributed by atoms with van der Waals surface area (Å²) in [6.07, 6.45) is 2.14. The summed E-state index contributed by atoms with van der Waals surface area (Å²) in [7, 11) is -2.95. The first-order chi connectivity index (χ1) is 6.52. The molecule has 2 heterocycles. The quantitative estimate of drug-likeness (QED) is 0.629. The highest BCUT2D eigenvalue weighted by molar-refractivity contribution is 7.91.